The highest BCUT2D eigenvalue weighted by Crippen LogP contribution is 2.32. The SMILES string of the molecule is C[C@@H]1CN(CN2C(=O)S/C(=C\c3ccco3)C2=O)C[C@H](C)O1. The first-order valence-electron chi connectivity index (χ1n) is 7.19. The van der Waals surface area contributed by atoms with Crippen LogP contribution in [0.4, 0.5) is 4.79 Å². The summed E-state index contributed by atoms with van der Waals surface area (Å²) in [5, 5.41) is -0.241. The fourth-order valence-electron chi connectivity index (χ4n) is 2.72. The van der Waals surface area contributed by atoms with Gasteiger partial charge in [-0.15, -0.1) is 0 Å². The van der Waals surface area contributed by atoms with Gasteiger partial charge in [0.25, 0.3) is 11.1 Å². The van der Waals surface area contributed by atoms with E-state index >= 15 is 0 Å². The number of morpholine rings is 1. The van der Waals surface area contributed by atoms with Crippen LogP contribution < -0.4 is 0 Å². The van der Waals surface area contributed by atoms with E-state index in [-0.39, 0.29) is 23.4 Å². The van der Waals surface area contributed by atoms with Crippen LogP contribution in [0.15, 0.2) is 27.7 Å². The molecule has 7 heteroatoms. The molecule has 0 radical (unpaired) electrons. The fourth-order valence-corrected chi connectivity index (χ4v) is 3.54. The van der Waals surface area contributed by atoms with Crippen molar-refractivity contribution in [3.63, 3.8) is 0 Å². The van der Waals surface area contributed by atoms with Gasteiger partial charge in [0.15, 0.2) is 0 Å². The summed E-state index contributed by atoms with van der Waals surface area (Å²) < 4.78 is 10.9. The van der Waals surface area contributed by atoms with Gasteiger partial charge in [0.2, 0.25) is 0 Å². The Morgan fingerprint density at radius 2 is 2.05 bits per heavy atom. The van der Waals surface area contributed by atoms with Crippen LogP contribution in [0.5, 0.6) is 0 Å². The van der Waals surface area contributed by atoms with E-state index in [1.54, 1.807) is 18.2 Å². The normalized spacial score (nSPS) is 28.8. The van der Waals surface area contributed by atoms with E-state index in [9.17, 15) is 9.59 Å². The molecule has 118 valence electrons. The molecule has 0 N–H and O–H groups in total. The minimum atomic E-state index is -0.266. The van der Waals surface area contributed by atoms with Crippen molar-refractivity contribution in [1.29, 1.82) is 0 Å². The number of rotatable bonds is 3. The highest BCUT2D eigenvalue weighted by molar-refractivity contribution is 8.18. The molecule has 3 heterocycles. The predicted octanol–water partition coefficient (Wildman–Crippen LogP) is 2.38. The minimum Gasteiger partial charge on any atom is -0.465 e. The quantitative estimate of drug-likeness (QED) is 0.796. The number of imide groups is 1. The number of hydrogen-bond donors (Lipinski definition) is 0. The molecule has 2 saturated heterocycles. The molecule has 0 aliphatic carbocycles. The minimum absolute atomic E-state index is 0.0994. The maximum Gasteiger partial charge on any atom is 0.294 e. The summed E-state index contributed by atoms with van der Waals surface area (Å²) in [5.41, 5.74) is 0. The molecule has 22 heavy (non-hydrogen) atoms. The van der Waals surface area contributed by atoms with Crippen molar-refractivity contribution >= 4 is 29.0 Å². The van der Waals surface area contributed by atoms with E-state index in [2.05, 4.69) is 4.90 Å². The Morgan fingerprint density at radius 3 is 2.68 bits per heavy atom. The number of hydrogen-bond acceptors (Lipinski definition) is 6. The zero-order valence-electron chi connectivity index (χ0n) is 12.5. The molecule has 0 unspecified atom stereocenters. The Labute approximate surface area is 133 Å². The number of amides is 2. The summed E-state index contributed by atoms with van der Waals surface area (Å²) in [4.78, 5) is 28.2. The monoisotopic (exact) mass is 322 g/mol. The molecule has 0 spiro atoms. The van der Waals surface area contributed by atoms with Gasteiger partial charge in [-0.2, -0.15) is 0 Å². The van der Waals surface area contributed by atoms with Crippen LogP contribution in [0, 0.1) is 0 Å². The molecule has 2 atom stereocenters. The maximum absolute atomic E-state index is 12.4. The molecule has 0 bridgehead atoms. The van der Waals surface area contributed by atoms with E-state index in [1.807, 2.05) is 13.8 Å². The number of ether oxygens (including phenoxy) is 1. The highest BCUT2D eigenvalue weighted by Gasteiger charge is 2.37. The van der Waals surface area contributed by atoms with Gasteiger partial charge in [-0.05, 0) is 37.7 Å². The van der Waals surface area contributed by atoms with Crippen LogP contribution in [-0.4, -0.2) is 52.9 Å². The van der Waals surface area contributed by atoms with Crippen LogP contribution in [-0.2, 0) is 9.53 Å². The average molecular weight is 322 g/mol. The van der Waals surface area contributed by atoms with E-state index in [0.29, 0.717) is 30.4 Å². The topological polar surface area (TPSA) is 63.0 Å². The molecule has 6 nitrogen and oxygen atoms in total. The summed E-state index contributed by atoms with van der Waals surface area (Å²) in [7, 11) is 0. The van der Waals surface area contributed by atoms with Crippen LogP contribution >= 0.6 is 11.8 Å². The molecule has 2 amide bonds. The fraction of sp³-hybridized carbons (Fsp3) is 0.467. The van der Waals surface area contributed by atoms with Crippen LogP contribution in [0.3, 0.4) is 0 Å². The summed E-state index contributed by atoms with van der Waals surface area (Å²) in [6.45, 7) is 5.71. The van der Waals surface area contributed by atoms with Gasteiger partial charge >= 0.3 is 0 Å². The first-order valence-corrected chi connectivity index (χ1v) is 8.01. The number of thioether (sulfide) groups is 1. The van der Waals surface area contributed by atoms with Gasteiger partial charge < -0.3 is 9.15 Å². The maximum atomic E-state index is 12.4. The molecule has 0 saturated carbocycles. The van der Waals surface area contributed by atoms with Crippen LogP contribution in [0.2, 0.25) is 0 Å². The van der Waals surface area contributed by atoms with Crippen molar-refractivity contribution in [2.45, 2.75) is 26.1 Å². The standard InChI is InChI=1S/C15H18N2O4S/c1-10-7-16(8-11(2)21-10)9-17-14(18)13(22-15(17)19)6-12-4-3-5-20-12/h3-6,10-11H,7-9H2,1-2H3/b13-6-/t10-,11+. The highest BCUT2D eigenvalue weighted by atomic mass is 32.2. The first kappa shape index (κ1) is 15.3. The van der Waals surface area contributed by atoms with Gasteiger partial charge in [-0.25, -0.2) is 0 Å². The molecule has 2 fully saturated rings. The third-order valence-electron chi connectivity index (χ3n) is 3.53. The average Bonchev–Trinajstić information content (AvgIpc) is 3.03. The predicted molar refractivity (Wildman–Crippen MR) is 83.0 cm³/mol. The van der Waals surface area contributed by atoms with Crippen LogP contribution in [0.1, 0.15) is 19.6 Å². The van der Waals surface area contributed by atoms with Crippen molar-refractivity contribution < 1.29 is 18.7 Å². The molecule has 1 aromatic heterocycles. The summed E-state index contributed by atoms with van der Waals surface area (Å²) in [6.07, 6.45) is 3.34. The van der Waals surface area contributed by atoms with Crippen molar-refractivity contribution in [3.05, 3.63) is 29.1 Å². The molecule has 3 rings (SSSR count). The van der Waals surface area contributed by atoms with Crippen molar-refractivity contribution in [3.8, 4) is 0 Å². The number of nitrogens with zero attached hydrogens (tertiary/aromatic N) is 2. The van der Waals surface area contributed by atoms with Gasteiger partial charge in [-0.1, -0.05) is 0 Å². The van der Waals surface area contributed by atoms with Gasteiger partial charge in [-0.3, -0.25) is 19.4 Å². The second-order valence-corrected chi connectivity index (χ2v) is 6.55. The molecule has 2 aliphatic rings. The second-order valence-electron chi connectivity index (χ2n) is 5.56. The Balaban J connectivity index is 1.69. The zero-order valence-corrected chi connectivity index (χ0v) is 13.3. The van der Waals surface area contributed by atoms with Gasteiger partial charge in [0.1, 0.15) is 5.76 Å². The first-order chi connectivity index (χ1) is 10.5. The van der Waals surface area contributed by atoms with E-state index < -0.39 is 0 Å². The Bertz CT molecular complexity index is 589. The number of carbonyl (C=O) groups is 2. The third kappa shape index (κ3) is 3.26. The van der Waals surface area contributed by atoms with Gasteiger partial charge in [0.05, 0.1) is 30.0 Å². The number of carbonyl (C=O) groups excluding carboxylic acids is 2. The Kier molecular flexibility index (Phi) is 4.37. The lowest BCUT2D eigenvalue weighted by atomic mass is 10.2. The van der Waals surface area contributed by atoms with Crippen LogP contribution in [0.25, 0.3) is 6.08 Å². The van der Waals surface area contributed by atoms with Crippen molar-refractivity contribution in [1.82, 2.24) is 9.80 Å². The zero-order chi connectivity index (χ0) is 15.7. The largest absolute Gasteiger partial charge is 0.465 e. The van der Waals surface area contributed by atoms with Gasteiger partial charge in [0, 0.05) is 19.2 Å². The summed E-state index contributed by atoms with van der Waals surface area (Å²) in [6, 6.07) is 3.49. The van der Waals surface area contributed by atoms with Crippen molar-refractivity contribution in [2.24, 2.45) is 0 Å². The van der Waals surface area contributed by atoms with Crippen molar-refractivity contribution in [2.75, 3.05) is 19.8 Å². The van der Waals surface area contributed by atoms with E-state index in [1.165, 1.54) is 11.2 Å². The van der Waals surface area contributed by atoms with E-state index in [0.717, 1.165) is 11.8 Å². The Morgan fingerprint density at radius 1 is 1.32 bits per heavy atom. The molecular weight excluding hydrogens is 304 g/mol. The summed E-state index contributed by atoms with van der Waals surface area (Å²) in [5.74, 6) is 0.303. The number of furan rings is 1. The summed E-state index contributed by atoms with van der Waals surface area (Å²) >= 11 is 0.951. The molecule has 2 aliphatic heterocycles. The molecule has 0 aromatic carbocycles. The molecule has 1 aromatic rings. The second kappa shape index (κ2) is 6.28. The lowest BCUT2D eigenvalue weighted by molar-refractivity contribution is -0.127. The molecular formula is C15H18N2O4S. The smallest absolute Gasteiger partial charge is 0.294 e. The Hall–Kier alpha value is -1.57. The lowest BCUT2D eigenvalue weighted by Crippen LogP contribution is -2.50. The van der Waals surface area contributed by atoms with E-state index in [4.69, 9.17) is 9.15 Å². The third-order valence-corrected chi connectivity index (χ3v) is 4.43. The lowest BCUT2D eigenvalue weighted by Gasteiger charge is -2.36.